The number of para-hydroxylation sites is 1. The predicted octanol–water partition coefficient (Wildman–Crippen LogP) is 12.3. The third-order valence-electron chi connectivity index (χ3n) is 9.11. The highest BCUT2D eigenvalue weighted by molar-refractivity contribution is 6.25. The van der Waals surface area contributed by atoms with Crippen LogP contribution in [0.25, 0.3) is 66.2 Å². The lowest BCUT2D eigenvalue weighted by Gasteiger charge is -2.26. The fourth-order valence-corrected chi connectivity index (χ4v) is 6.94. The van der Waals surface area contributed by atoms with E-state index in [1.54, 1.807) is 24.4 Å². The average Bonchev–Trinajstić information content (AvgIpc) is 3.17. The zero-order valence-electron chi connectivity index (χ0n) is 27.2. The zero-order valence-corrected chi connectivity index (χ0v) is 27.2. The molecule has 7 aromatic carbocycles. The second kappa shape index (κ2) is 13.1. The van der Waals surface area contributed by atoms with E-state index < -0.39 is 17.6 Å². The molecule has 0 bridgehead atoms. The van der Waals surface area contributed by atoms with Crippen molar-refractivity contribution in [3.8, 4) is 44.5 Å². The molecule has 0 saturated carbocycles. The first-order chi connectivity index (χ1) is 24.9. The molecule has 0 aliphatic rings. The first-order valence-electron chi connectivity index (χ1n) is 16.5. The topological polar surface area (TPSA) is 42.0 Å². The maximum absolute atomic E-state index is 15.0. The second-order valence-corrected chi connectivity index (χ2v) is 12.2. The molecule has 0 atom stereocenters. The summed E-state index contributed by atoms with van der Waals surface area (Å²) in [6.07, 6.45) is -3.12. The number of nitrogens with zero attached hydrogens (tertiary/aromatic N) is 1. The Balaban J connectivity index is 1.59. The van der Waals surface area contributed by atoms with Crippen LogP contribution in [-0.2, 0) is 6.18 Å². The number of hydrogen-bond donors (Lipinski definition) is 1. The minimum Gasteiger partial charge on any atom is -0.320 e. The standard InChI is InChI=1S/C45H29F3N2O/c46-45(47,48)34-27-35-38(29-15-5-1-6-16-29)39(30-17-7-2-8-18-30)40(31-19-9-3-10-20-31)41(32-21-11-4-12-22-32)42(35)36(28-34)44(51)50-37-25-13-23-33-24-14-26-49-43(33)37/h1-28H,(H,50,51). The molecule has 1 heterocycles. The van der Waals surface area contributed by atoms with Gasteiger partial charge in [0.2, 0.25) is 0 Å². The summed E-state index contributed by atoms with van der Waals surface area (Å²) < 4.78 is 44.9. The van der Waals surface area contributed by atoms with Gasteiger partial charge in [-0.1, -0.05) is 140 Å². The first kappa shape index (κ1) is 31.7. The predicted molar refractivity (Wildman–Crippen MR) is 200 cm³/mol. The largest absolute Gasteiger partial charge is 0.416 e. The lowest BCUT2D eigenvalue weighted by atomic mass is 9.77. The Bertz CT molecular complexity index is 2530. The normalized spacial score (nSPS) is 11.5. The minimum absolute atomic E-state index is 0.0967. The summed E-state index contributed by atoms with van der Waals surface area (Å²) in [5.41, 5.74) is 5.93. The van der Waals surface area contributed by atoms with Gasteiger partial charge in [-0.15, -0.1) is 0 Å². The van der Waals surface area contributed by atoms with Gasteiger partial charge >= 0.3 is 6.18 Å². The van der Waals surface area contributed by atoms with Gasteiger partial charge in [0.25, 0.3) is 5.91 Å². The highest BCUT2D eigenvalue weighted by atomic mass is 19.4. The highest BCUT2D eigenvalue weighted by Gasteiger charge is 2.35. The van der Waals surface area contributed by atoms with Crippen molar-refractivity contribution in [2.24, 2.45) is 0 Å². The number of halogens is 3. The van der Waals surface area contributed by atoms with Crippen molar-refractivity contribution in [1.29, 1.82) is 0 Å². The smallest absolute Gasteiger partial charge is 0.320 e. The van der Waals surface area contributed by atoms with Crippen molar-refractivity contribution < 1.29 is 18.0 Å². The Morgan fingerprint density at radius 3 is 1.57 bits per heavy atom. The van der Waals surface area contributed by atoms with Crippen LogP contribution in [-0.4, -0.2) is 10.9 Å². The Hall–Kier alpha value is -6.53. The third kappa shape index (κ3) is 5.91. The van der Waals surface area contributed by atoms with Crippen LogP contribution >= 0.6 is 0 Å². The number of hydrogen-bond acceptors (Lipinski definition) is 2. The van der Waals surface area contributed by atoms with Gasteiger partial charge < -0.3 is 5.32 Å². The van der Waals surface area contributed by atoms with E-state index in [9.17, 15) is 18.0 Å². The highest BCUT2D eigenvalue weighted by Crippen LogP contribution is 2.52. The molecule has 0 aliphatic heterocycles. The number of rotatable bonds is 6. The van der Waals surface area contributed by atoms with Crippen LogP contribution in [0.15, 0.2) is 170 Å². The maximum Gasteiger partial charge on any atom is 0.416 e. The van der Waals surface area contributed by atoms with Crippen molar-refractivity contribution in [3.05, 3.63) is 181 Å². The van der Waals surface area contributed by atoms with E-state index >= 15 is 0 Å². The van der Waals surface area contributed by atoms with Crippen LogP contribution < -0.4 is 5.32 Å². The van der Waals surface area contributed by atoms with E-state index in [1.165, 1.54) is 6.07 Å². The third-order valence-corrected chi connectivity index (χ3v) is 9.11. The Morgan fingerprint density at radius 1 is 0.529 bits per heavy atom. The van der Waals surface area contributed by atoms with Gasteiger partial charge in [-0.3, -0.25) is 9.78 Å². The summed E-state index contributed by atoms with van der Waals surface area (Å²) in [6.45, 7) is 0. The van der Waals surface area contributed by atoms with Crippen LogP contribution in [0.2, 0.25) is 0 Å². The van der Waals surface area contributed by atoms with Gasteiger partial charge in [0, 0.05) is 22.5 Å². The maximum atomic E-state index is 15.0. The van der Waals surface area contributed by atoms with Crippen molar-refractivity contribution in [2.45, 2.75) is 6.18 Å². The number of carbonyl (C=O) groups excluding carboxylic acids is 1. The molecule has 3 nitrogen and oxygen atoms in total. The van der Waals surface area contributed by atoms with Crippen molar-refractivity contribution in [1.82, 2.24) is 4.98 Å². The van der Waals surface area contributed by atoms with Crippen molar-refractivity contribution in [2.75, 3.05) is 5.32 Å². The molecule has 1 N–H and O–H groups in total. The van der Waals surface area contributed by atoms with E-state index in [0.717, 1.165) is 44.8 Å². The molecule has 0 saturated heterocycles. The average molecular weight is 671 g/mol. The van der Waals surface area contributed by atoms with Gasteiger partial charge in [-0.25, -0.2) is 0 Å². The fourth-order valence-electron chi connectivity index (χ4n) is 6.94. The summed E-state index contributed by atoms with van der Waals surface area (Å²) >= 11 is 0. The van der Waals surface area contributed by atoms with Crippen molar-refractivity contribution in [3.63, 3.8) is 0 Å². The number of nitrogens with one attached hydrogen (secondary N) is 1. The minimum atomic E-state index is -4.74. The van der Waals surface area contributed by atoms with Crippen molar-refractivity contribution >= 4 is 33.3 Å². The molecule has 8 aromatic rings. The number of pyridine rings is 1. The van der Waals surface area contributed by atoms with Crippen LogP contribution in [0.4, 0.5) is 18.9 Å². The quantitative estimate of drug-likeness (QED) is 0.191. The van der Waals surface area contributed by atoms with E-state index in [4.69, 9.17) is 0 Å². The van der Waals surface area contributed by atoms with Crippen LogP contribution in [0.5, 0.6) is 0 Å². The summed E-state index contributed by atoms with van der Waals surface area (Å²) in [7, 11) is 0. The number of amides is 1. The second-order valence-electron chi connectivity index (χ2n) is 12.2. The Morgan fingerprint density at radius 2 is 1.02 bits per heavy atom. The summed E-state index contributed by atoms with van der Waals surface area (Å²) in [6, 6.07) is 49.7. The van der Waals surface area contributed by atoms with Gasteiger partial charge in [0.15, 0.2) is 0 Å². The van der Waals surface area contributed by atoms with E-state index in [0.29, 0.717) is 33.1 Å². The molecule has 0 fully saturated rings. The van der Waals surface area contributed by atoms with E-state index in [1.807, 2.05) is 133 Å². The monoisotopic (exact) mass is 670 g/mol. The molecule has 8 rings (SSSR count). The molecule has 1 amide bonds. The Labute approximate surface area is 292 Å². The summed E-state index contributed by atoms with van der Waals surface area (Å²) in [5, 5.41) is 4.47. The van der Waals surface area contributed by atoms with Gasteiger partial charge in [0.05, 0.1) is 16.8 Å². The number of benzene rings is 7. The van der Waals surface area contributed by atoms with Crippen LogP contribution in [0.3, 0.4) is 0 Å². The number of alkyl halides is 3. The Kier molecular flexibility index (Phi) is 8.13. The molecule has 0 spiro atoms. The van der Waals surface area contributed by atoms with E-state index in [2.05, 4.69) is 10.3 Å². The molecule has 6 heteroatoms. The number of anilines is 1. The first-order valence-corrected chi connectivity index (χ1v) is 16.5. The molecular formula is C45H29F3N2O. The van der Waals surface area contributed by atoms with E-state index in [-0.39, 0.29) is 5.56 Å². The molecule has 1 aromatic heterocycles. The van der Waals surface area contributed by atoms with Gasteiger partial charge in [-0.2, -0.15) is 13.2 Å². The molecule has 0 unspecified atom stereocenters. The molecule has 51 heavy (non-hydrogen) atoms. The molecular weight excluding hydrogens is 642 g/mol. The van der Waals surface area contributed by atoms with Crippen LogP contribution in [0, 0.1) is 0 Å². The van der Waals surface area contributed by atoms with Crippen LogP contribution in [0.1, 0.15) is 15.9 Å². The molecule has 246 valence electrons. The number of fused-ring (bicyclic) bond motifs is 2. The zero-order chi connectivity index (χ0) is 35.0. The number of aromatic nitrogens is 1. The lowest BCUT2D eigenvalue weighted by Crippen LogP contribution is -2.16. The molecule has 0 aliphatic carbocycles. The summed E-state index contributed by atoms with van der Waals surface area (Å²) in [5.74, 6) is -0.674. The van der Waals surface area contributed by atoms with Gasteiger partial charge in [-0.05, 0) is 74.2 Å². The lowest BCUT2D eigenvalue weighted by molar-refractivity contribution is -0.137. The molecule has 0 radical (unpaired) electrons. The van der Waals surface area contributed by atoms with Gasteiger partial charge in [0.1, 0.15) is 0 Å². The SMILES string of the molecule is O=C(Nc1cccc2cccnc12)c1cc(C(F)(F)F)cc2c(-c3ccccc3)c(-c3ccccc3)c(-c3ccccc3)c(-c3ccccc3)c12. The fraction of sp³-hybridized carbons (Fsp3) is 0.0222. The number of carbonyl (C=O) groups is 1. The summed E-state index contributed by atoms with van der Waals surface area (Å²) in [4.78, 5) is 19.1.